The molecular formula is C22H16BrN3O4S. The van der Waals surface area contributed by atoms with Gasteiger partial charge in [-0.1, -0.05) is 18.2 Å². The average Bonchev–Trinajstić information content (AvgIpc) is 3.22. The van der Waals surface area contributed by atoms with E-state index in [1.54, 1.807) is 43.5 Å². The zero-order chi connectivity index (χ0) is 21.8. The standard InChI is InChI=1S/C22H16BrN3O4S/c1-29-18-10-9-14(12-16(18)23)21(27)31-26-22(28)24-15-6-4-5-13(11-15)20-25-17-7-2-3-8-19(17)30-20/h2-12H,1H3,(H2,24,26,28). The lowest BCUT2D eigenvalue weighted by molar-refractivity contribution is 0.108. The summed E-state index contributed by atoms with van der Waals surface area (Å²) in [6.07, 6.45) is 0. The number of hydrogen-bond acceptors (Lipinski definition) is 6. The van der Waals surface area contributed by atoms with E-state index in [1.165, 1.54) is 0 Å². The third kappa shape index (κ3) is 4.89. The summed E-state index contributed by atoms with van der Waals surface area (Å²) in [5.41, 5.74) is 3.14. The van der Waals surface area contributed by atoms with Crippen molar-refractivity contribution in [1.29, 1.82) is 0 Å². The summed E-state index contributed by atoms with van der Waals surface area (Å²) >= 11 is 4.03. The summed E-state index contributed by atoms with van der Waals surface area (Å²) < 4.78 is 14.1. The van der Waals surface area contributed by atoms with Gasteiger partial charge in [-0.25, -0.2) is 9.78 Å². The van der Waals surface area contributed by atoms with Crippen LogP contribution in [0.2, 0.25) is 0 Å². The number of carbonyl (C=O) groups is 2. The summed E-state index contributed by atoms with van der Waals surface area (Å²) in [4.78, 5) is 29.0. The monoisotopic (exact) mass is 497 g/mol. The van der Waals surface area contributed by atoms with Gasteiger partial charge in [0.1, 0.15) is 11.3 Å². The molecule has 31 heavy (non-hydrogen) atoms. The molecule has 156 valence electrons. The molecule has 0 bridgehead atoms. The van der Waals surface area contributed by atoms with Gasteiger partial charge in [0.05, 0.1) is 11.6 Å². The minimum Gasteiger partial charge on any atom is -0.496 e. The van der Waals surface area contributed by atoms with Crippen LogP contribution in [-0.4, -0.2) is 23.2 Å². The molecule has 9 heteroatoms. The first-order valence-corrected chi connectivity index (χ1v) is 10.7. The molecule has 0 radical (unpaired) electrons. The lowest BCUT2D eigenvalue weighted by atomic mass is 10.2. The number of fused-ring (bicyclic) bond motifs is 1. The van der Waals surface area contributed by atoms with Crippen molar-refractivity contribution < 1.29 is 18.7 Å². The van der Waals surface area contributed by atoms with E-state index in [0.717, 1.165) is 11.1 Å². The second-order valence-corrected chi connectivity index (χ2v) is 8.00. The highest BCUT2D eigenvalue weighted by Gasteiger charge is 2.13. The van der Waals surface area contributed by atoms with Crippen molar-refractivity contribution in [3.8, 4) is 17.2 Å². The van der Waals surface area contributed by atoms with Gasteiger partial charge in [-0.05, 0) is 64.5 Å². The third-order valence-electron chi connectivity index (χ3n) is 4.29. The number of carbonyl (C=O) groups excluding carboxylic acids is 2. The van der Waals surface area contributed by atoms with Crippen LogP contribution in [0.3, 0.4) is 0 Å². The van der Waals surface area contributed by atoms with Crippen molar-refractivity contribution >= 4 is 55.8 Å². The van der Waals surface area contributed by atoms with Gasteiger partial charge in [0.15, 0.2) is 5.58 Å². The average molecular weight is 498 g/mol. The van der Waals surface area contributed by atoms with Gasteiger partial charge < -0.3 is 14.5 Å². The number of aromatic nitrogens is 1. The fourth-order valence-electron chi connectivity index (χ4n) is 2.83. The Morgan fingerprint density at radius 3 is 2.68 bits per heavy atom. The molecule has 2 N–H and O–H groups in total. The van der Waals surface area contributed by atoms with E-state index < -0.39 is 6.03 Å². The minimum absolute atomic E-state index is 0.307. The molecule has 0 saturated heterocycles. The highest BCUT2D eigenvalue weighted by Crippen LogP contribution is 2.27. The van der Waals surface area contributed by atoms with Crippen molar-refractivity contribution in [2.45, 2.75) is 0 Å². The van der Waals surface area contributed by atoms with Gasteiger partial charge in [0, 0.05) is 28.8 Å². The Kier molecular flexibility index (Phi) is 6.24. The third-order valence-corrected chi connectivity index (χ3v) is 5.61. The molecule has 4 rings (SSSR count). The molecule has 0 aliphatic heterocycles. The number of anilines is 1. The molecule has 3 aromatic carbocycles. The van der Waals surface area contributed by atoms with Crippen LogP contribution in [0.1, 0.15) is 10.4 Å². The van der Waals surface area contributed by atoms with E-state index in [1.807, 2.05) is 30.3 Å². The molecule has 0 unspecified atom stereocenters. The zero-order valence-electron chi connectivity index (χ0n) is 16.2. The predicted molar refractivity (Wildman–Crippen MR) is 124 cm³/mol. The normalized spacial score (nSPS) is 10.6. The summed E-state index contributed by atoms with van der Waals surface area (Å²) in [5, 5.41) is 2.39. The van der Waals surface area contributed by atoms with E-state index in [-0.39, 0.29) is 5.12 Å². The molecule has 2 amide bonds. The molecule has 0 atom stereocenters. The summed E-state index contributed by atoms with van der Waals surface area (Å²) in [7, 11) is 1.54. The summed E-state index contributed by atoms with van der Waals surface area (Å²) in [5.74, 6) is 1.07. The molecule has 0 aliphatic rings. The van der Waals surface area contributed by atoms with Crippen molar-refractivity contribution in [1.82, 2.24) is 9.71 Å². The van der Waals surface area contributed by atoms with Gasteiger partial charge in [0.2, 0.25) is 11.0 Å². The number of methoxy groups -OCH3 is 1. The van der Waals surface area contributed by atoms with Crippen molar-refractivity contribution in [3.63, 3.8) is 0 Å². The largest absolute Gasteiger partial charge is 0.496 e. The number of nitrogens with one attached hydrogen (secondary N) is 2. The van der Waals surface area contributed by atoms with E-state index in [4.69, 9.17) is 9.15 Å². The maximum Gasteiger partial charge on any atom is 0.329 e. The van der Waals surface area contributed by atoms with Crippen molar-refractivity contribution in [2.24, 2.45) is 0 Å². The zero-order valence-corrected chi connectivity index (χ0v) is 18.6. The Bertz CT molecular complexity index is 1240. The van der Waals surface area contributed by atoms with Gasteiger partial charge >= 0.3 is 6.03 Å². The number of amides is 2. The molecule has 0 fully saturated rings. The fourth-order valence-corrected chi connectivity index (χ4v) is 3.85. The van der Waals surface area contributed by atoms with Crippen LogP contribution in [0.15, 0.2) is 75.6 Å². The predicted octanol–water partition coefficient (Wildman–Crippen LogP) is 5.88. The van der Waals surface area contributed by atoms with E-state index in [2.05, 4.69) is 31.0 Å². The fraction of sp³-hybridized carbons (Fsp3) is 0.0455. The number of urea groups is 1. The first kappa shape index (κ1) is 21.0. The van der Waals surface area contributed by atoms with Gasteiger partial charge in [-0.15, -0.1) is 0 Å². The summed E-state index contributed by atoms with van der Waals surface area (Å²) in [6.45, 7) is 0. The van der Waals surface area contributed by atoms with Gasteiger partial charge in [0.25, 0.3) is 0 Å². The molecule has 0 spiro atoms. The SMILES string of the molecule is COc1ccc(C(=O)SNC(=O)Nc2cccc(-c3nc4ccccc4o3)c2)cc1Br. The molecule has 4 aromatic rings. The second kappa shape index (κ2) is 9.23. The highest BCUT2D eigenvalue weighted by atomic mass is 79.9. The molecule has 7 nitrogen and oxygen atoms in total. The van der Waals surface area contributed by atoms with Crippen LogP contribution in [0.4, 0.5) is 10.5 Å². The minimum atomic E-state index is -0.527. The van der Waals surface area contributed by atoms with Crippen LogP contribution in [0.25, 0.3) is 22.6 Å². The highest BCUT2D eigenvalue weighted by molar-refractivity contribution is 9.10. The first-order valence-electron chi connectivity index (χ1n) is 9.11. The molecule has 0 aliphatic carbocycles. The van der Waals surface area contributed by atoms with E-state index in [0.29, 0.717) is 44.9 Å². The Balaban J connectivity index is 1.39. The van der Waals surface area contributed by atoms with Gasteiger partial charge in [-0.2, -0.15) is 0 Å². The van der Waals surface area contributed by atoms with Crippen LogP contribution in [-0.2, 0) is 0 Å². The first-order chi connectivity index (χ1) is 15.0. The summed E-state index contributed by atoms with van der Waals surface area (Å²) in [6, 6.07) is 19.0. The van der Waals surface area contributed by atoms with Crippen molar-refractivity contribution in [3.05, 3.63) is 76.8 Å². The molecule has 1 heterocycles. The quantitative estimate of drug-likeness (QED) is 0.342. The second-order valence-electron chi connectivity index (χ2n) is 6.36. The van der Waals surface area contributed by atoms with Crippen LogP contribution < -0.4 is 14.8 Å². The van der Waals surface area contributed by atoms with Crippen molar-refractivity contribution in [2.75, 3.05) is 12.4 Å². The molecule has 0 saturated carbocycles. The Morgan fingerprint density at radius 2 is 1.90 bits per heavy atom. The smallest absolute Gasteiger partial charge is 0.329 e. The number of rotatable bonds is 4. The Morgan fingerprint density at radius 1 is 1.06 bits per heavy atom. The van der Waals surface area contributed by atoms with E-state index in [9.17, 15) is 9.59 Å². The number of para-hydroxylation sites is 2. The number of benzene rings is 3. The number of halogens is 1. The van der Waals surface area contributed by atoms with Crippen LogP contribution >= 0.6 is 27.9 Å². The van der Waals surface area contributed by atoms with E-state index >= 15 is 0 Å². The number of nitrogens with zero attached hydrogens (tertiary/aromatic N) is 1. The Labute approximate surface area is 190 Å². The van der Waals surface area contributed by atoms with Crippen LogP contribution in [0, 0.1) is 0 Å². The Hall–Kier alpha value is -3.30. The molecule has 1 aromatic heterocycles. The lowest BCUT2D eigenvalue weighted by Crippen LogP contribution is -2.24. The number of oxazole rings is 1. The maximum atomic E-state index is 12.3. The molecular weight excluding hydrogens is 482 g/mol. The number of ether oxygens (including phenoxy) is 1. The lowest BCUT2D eigenvalue weighted by Gasteiger charge is -2.08. The topological polar surface area (TPSA) is 93.5 Å². The maximum absolute atomic E-state index is 12.3. The van der Waals surface area contributed by atoms with Crippen LogP contribution in [0.5, 0.6) is 5.75 Å². The number of hydrogen-bond donors (Lipinski definition) is 2. The van der Waals surface area contributed by atoms with Gasteiger partial charge in [-0.3, -0.25) is 9.52 Å².